The van der Waals surface area contributed by atoms with Crippen LogP contribution in [0.2, 0.25) is 0 Å². The van der Waals surface area contributed by atoms with Crippen LogP contribution in [-0.2, 0) is 0 Å². The van der Waals surface area contributed by atoms with Crippen LogP contribution >= 0.6 is 23.5 Å². The highest BCUT2D eigenvalue weighted by atomic mass is 32.1. The lowest BCUT2D eigenvalue weighted by Gasteiger charge is -2.05. The summed E-state index contributed by atoms with van der Waals surface area (Å²) in [6.07, 6.45) is 0. The molecule has 98 valence electrons. The first-order valence-electron chi connectivity index (χ1n) is 6.20. The topological polar surface area (TPSA) is 51.6 Å². The Kier molecular flexibility index (Phi) is 2.55. The summed E-state index contributed by atoms with van der Waals surface area (Å²) in [5, 5.41) is 0. The standard InChI is InChI=1S/C14H10N4S2/c1-7-3-5-9(13-11(7)15-19-17-13)10-6-4-8(2)12-14(10)18-20-16-12/h3-6H,1-2H3. The van der Waals surface area contributed by atoms with Gasteiger partial charge in [0, 0.05) is 11.1 Å². The van der Waals surface area contributed by atoms with E-state index in [4.69, 9.17) is 0 Å². The Morgan fingerprint density at radius 3 is 1.45 bits per heavy atom. The molecule has 20 heavy (non-hydrogen) atoms. The van der Waals surface area contributed by atoms with Crippen LogP contribution in [0, 0.1) is 13.8 Å². The molecule has 0 bridgehead atoms. The summed E-state index contributed by atoms with van der Waals surface area (Å²) in [5.74, 6) is 0. The predicted molar refractivity (Wildman–Crippen MR) is 83.3 cm³/mol. The molecule has 6 heteroatoms. The van der Waals surface area contributed by atoms with E-state index in [2.05, 4.69) is 55.6 Å². The summed E-state index contributed by atoms with van der Waals surface area (Å²) >= 11 is 2.51. The molecule has 4 aromatic rings. The molecule has 0 amide bonds. The maximum absolute atomic E-state index is 4.46. The number of nitrogens with zero attached hydrogens (tertiary/aromatic N) is 4. The van der Waals surface area contributed by atoms with Crippen molar-refractivity contribution in [3.8, 4) is 11.1 Å². The molecule has 0 unspecified atom stereocenters. The minimum Gasteiger partial charge on any atom is -0.173 e. The summed E-state index contributed by atoms with van der Waals surface area (Å²) in [5.41, 5.74) is 8.32. The molecule has 0 saturated carbocycles. The highest BCUT2D eigenvalue weighted by molar-refractivity contribution is 7.00. The Morgan fingerprint density at radius 2 is 1.00 bits per heavy atom. The van der Waals surface area contributed by atoms with Gasteiger partial charge in [0.1, 0.15) is 22.1 Å². The maximum Gasteiger partial charge on any atom is 0.112 e. The minimum atomic E-state index is 0.952. The van der Waals surface area contributed by atoms with Crippen LogP contribution in [0.1, 0.15) is 11.1 Å². The molecular formula is C14H10N4S2. The van der Waals surface area contributed by atoms with Crippen molar-refractivity contribution in [2.75, 3.05) is 0 Å². The molecule has 0 aliphatic rings. The molecule has 2 aromatic carbocycles. The van der Waals surface area contributed by atoms with Crippen LogP contribution in [-0.4, -0.2) is 17.5 Å². The van der Waals surface area contributed by atoms with Crippen molar-refractivity contribution < 1.29 is 0 Å². The number of hydrogen-bond acceptors (Lipinski definition) is 6. The first-order valence-corrected chi connectivity index (χ1v) is 7.66. The average Bonchev–Trinajstić information content (AvgIpc) is 3.09. The van der Waals surface area contributed by atoms with E-state index in [1.54, 1.807) is 0 Å². The zero-order chi connectivity index (χ0) is 13.7. The predicted octanol–water partition coefficient (Wildman–Crippen LogP) is 3.98. The van der Waals surface area contributed by atoms with E-state index >= 15 is 0 Å². The van der Waals surface area contributed by atoms with E-state index in [0.717, 1.165) is 44.3 Å². The number of benzene rings is 2. The fourth-order valence-corrected chi connectivity index (χ4v) is 3.65. The zero-order valence-corrected chi connectivity index (χ0v) is 12.5. The normalized spacial score (nSPS) is 11.5. The van der Waals surface area contributed by atoms with Gasteiger partial charge < -0.3 is 0 Å². The van der Waals surface area contributed by atoms with E-state index in [-0.39, 0.29) is 0 Å². The van der Waals surface area contributed by atoms with Gasteiger partial charge in [0.15, 0.2) is 0 Å². The van der Waals surface area contributed by atoms with Gasteiger partial charge in [-0.1, -0.05) is 24.3 Å². The molecule has 0 atom stereocenters. The zero-order valence-electron chi connectivity index (χ0n) is 10.9. The molecule has 0 aliphatic heterocycles. The highest BCUT2D eigenvalue weighted by Gasteiger charge is 2.15. The van der Waals surface area contributed by atoms with Gasteiger partial charge >= 0.3 is 0 Å². The average molecular weight is 298 g/mol. The lowest BCUT2D eigenvalue weighted by Crippen LogP contribution is -1.87. The Balaban J connectivity index is 2.12. The van der Waals surface area contributed by atoms with Gasteiger partial charge in [-0.2, -0.15) is 17.5 Å². The van der Waals surface area contributed by atoms with E-state index in [1.165, 1.54) is 23.5 Å². The Bertz CT molecular complexity index is 861. The van der Waals surface area contributed by atoms with E-state index in [1.807, 2.05) is 0 Å². The van der Waals surface area contributed by atoms with Crippen molar-refractivity contribution in [3.63, 3.8) is 0 Å². The minimum absolute atomic E-state index is 0.952. The number of rotatable bonds is 1. The molecule has 0 N–H and O–H groups in total. The third-order valence-corrected chi connectivity index (χ3v) is 4.58. The fraction of sp³-hybridized carbons (Fsp3) is 0.143. The molecule has 4 nitrogen and oxygen atoms in total. The summed E-state index contributed by atoms with van der Waals surface area (Å²) in [7, 11) is 0. The van der Waals surface area contributed by atoms with E-state index < -0.39 is 0 Å². The van der Waals surface area contributed by atoms with Gasteiger partial charge in [0.2, 0.25) is 0 Å². The van der Waals surface area contributed by atoms with Crippen LogP contribution in [0.3, 0.4) is 0 Å². The van der Waals surface area contributed by atoms with Gasteiger partial charge in [0.25, 0.3) is 0 Å². The first kappa shape index (κ1) is 11.9. The molecular weight excluding hydrogens is 288 g/mol. The largest absolute Gasteiger partial charge is 0.173 e. The van der Waals surface area contributed by atoms with Crippen molar-refractivity contribution in [3.05, 3.63) is 35.4 Å². The van der Waals surface area contributed by atoms with Crippen molar-refractivity contribution in [1.82, 2.24) is 17.5 Å². The lowest BCUT2D eigenvalue weighted by atomic mass is 9.99. The van der Waals surface area contributed by atoms with Crippen molar-refractivity contribution in [2.45, 2.75) is 13.8 Å². The highest BCUT2D eigenvalue weighted by Crippen LogP contribution is 2.34. The molecule has 0 fully saturated rings. The van der Waals surface area contributed by atoms with Gasteiger partial charge in [-0.05, 0) is 25.0 Å². The molecule has 2 aromatic heterocycles. The SMILES string of the molecule is Cc1ccc(-c2ccc(C)c3nsnc23)c2nsnc12. The van der Waals surface area contributed by atoms with Crippen LogP contribution < -0.4 is 0 Å². The second-order valence-corrected chi connectivity index (χ2v) is 5.84. The first-order chi connectivity index (χ1) is 9.75. The van der Waals surface area contributed by atoms with Gasteiger partial charge in [-0.15, -0.1) is 0 Å². The van der Waals surface area contributed by atoms with Gasteiger partial charge in [-0.25, -0.2) is 0 Å². The Hall–Kier alpha value is -1.92. The van der Waals surface area contributed by atoms with Crippen molar-refractivity contribution in [2.24, 2.45) is 0 Å². The van der Waals surface area contributed by atoms with Gasteiger partial charge in [-0.3, -0.25) is 0 Å². The second-order valence-electron chi connectivity index (χ2n) is 4.78. The van der Waals surface area contributed by atoms with Crippen molar-refractivity contribution >= 4 is 45.5 Å². The number of fused-ring (bicyclic) bond motifs is 2. The fourth-order valence-electron chi connectivity index (χ4n) is 2.42. The third-order valence-electron chi connectivity index (χ3n) is 3.52. The Morgan fingerprint density at radius 1 is 0.600 bits per heavy atom. The summed E-state index contributed by atoms with van der Waals surface area (Å²) in [6, 6.07) is 8.38. The van der Waals surface area contributed by atoms with E-state index in [9.17, 15) is 0 Å². The quantitative estimate of drug-likeness (QED) is 0.533. The van der Waals surface area contributed by atoms with Crippen LogP contribution in [0.4, 0.5) is 0 Å². The number of hydrogen-bond donors (Lipinski definition) is 0. The molecule has 2 heterocycles. The molecule has 0 radical (unpaired) electrons. The summed E-state index contributed by atoms with van der Waals surface area (Å²) in [4.78, 5) is 0. The lowest BCUT2D eigenvalue weighted by molar-refractivity contribution is 1.46. The monoisotopic (exact) mass is 298 g/mol. The summed E-state index contributed by atoms with van der Waals surface area (Å²) in [6.45, 7) is 4.12. The van der Waals surface area contributed by atoms with Crippen LogP contribution in [0.15, 0.2) is 24.3 Å². The smallest absolute Gasteiger partial charge is 0.112 e. The van der Waals surface area contributed by atoms with Crippen LogP contribution in [0.25, 0.3) is 33.2 Å². The number of aryl methyl sites for hydroxylation is 2. The second kappa shape index (κ2) is 4.29. The molecule has 0 saturated heterocycles. The van der Waals surface area contributed by atoms with E-state index in [0.29, 0.717) is 0 Å². The van der Waals surface area contributed by atoms with Crippen molar-refractivity contribution in [1.29, 1.82) is 0 Å². The van der Waals surface area contributed by atoms with Gasteiger partial charge in [0.05, 0.1) is 23.5 Å². The molecule has 4 rings (SSSR count). The summed E-state index contributed by atoms with van der Waals surface area (Å²) < 4.78 is 17.7. The molecule has 0 aliphatic carbocycles. The van der Waals surface area contributed by atoms with Crippen LogP contribution in [0.5, 0.6) is 0 Å². The third kappa shape index (κ3) is 1.58. The molecule has 0 spiro atoms. The maximum atomic E-state index is 4.46. The Labute approximate surface area is 123 Å². The number of aromatic nitrogens is 4.